The van der Waals surface area contributed by atoms with Crippen LogP contribution in [-0.4, -0.2) is 42.2 Å². The number of benzene rings is 1. The van der Waals surface area contributed by atoms with Crippen LogP contribution in [0.25, 0.3) is 0 Å². The second-order valence-electron chi connectivity index (χ2n) is 5.29. The van der Waals surface area contributed by atoms with E-state index in [2.05, 4.69) is 9.88 Å². The van der Waals surface area contributed by atoms with Crippen molar-refractivity contribution in [3.05, 3.63) is 42.2 Å². The molecule has 0 spiro atoms. The molecule has 0 saturated heterocycles. The Morgan fingerprint density at radius 1 is 1.18 bits per heavy atom. The molecular formula is C16H15N3O3. The van der Waals surface area contributed by atoms with Crippen LogP contribution in [0.3, 0.4) is 0 Å². The van der Waals surface area contributed by atoms with Crippen molar-refractivity contribution in [2.75, 3.05) is 36.0 Å². The molecule has 0 atom stereocenters. The number of rotatable bonds is 1. The number of aromatic nitrogens is 1. The van der Waals surface area contributed by atoms with Gasteiger partial charge >= 0.3 is 0 Å². The smallest absolute Gasteiger partial charge is 0.280 e. The maximum absolute atomic E-state index is 12.8. The summed E-state index contributed by atoms with van der Waals surface area (Å²) >= 11 is 0. The Balaban J connectivity index is 1.78. The molecule has 3 heterocycles. The fourth-order valence-corrected chi connectivity index (χ4v) is 3.01. The first kappa shape index (κ1) is 12.9. The van der Waals surface area contributed by atoms with Crippen molar-refractivity contribution in [2.24, 2.45) is 0 Å². The number of carbonyl (C=O) groups is 1. The Labute approximate surface area is 127 Å². The third-order valence-electron chi connectivity index (χ3n) is 4.03. The summed E-state index contributed by atoms with van der Waals surface area (Å²) in [6, 6.07) is 8.76. The van der Waals surface area contributed by atoms with Gasteiger partial charge in [0.25, 0.3) is 5.91 Å². The number of carbonyl (C=O) groups excluding carboxylic acids is 1. The summed E-state index contributed by atoms with van der Waals surface area (Å²) in [7, 11) is 0. The van der Waals surface area contributed by atoms with Gasteiger partial charge in [-0.2, -0.15) is 0 Å². The average Bonchev–Trinajstić information content (AvgIpc) is 2.56. The summed E-state index contributed by atoms with van der Waals surface area (Å²) in [5, 5.41) is 9.88. The second-order valence-corrected chi connectivity index (χ2v) is 5.29. The lowest BCUT2D eigenvalue weighted by Gasteiger charge is -2.40. The summed E-state index contributed by atoms with van der Waals surface area (Å²) in [4.78, 5) is 20.7. The molecule has 4 rings (SSSR count). The summed E-state index contributed by atoms with van der Waals surface area (Å²) in [5.74, 6) is 0.402. The van der Waals surface area contributed by atoms with Gasteiger partial charge in [-0.1, -0.05) is 6.07 Å². The number of pyridine rings is 1. The maximum atomic E-state index is 12.8. The highest BCUT2D eigenvalue weighted by molar-refractivity contribution is 6.09. The molecule has 0 bridgehead atoms. The van der Waals surface area contributed by atoms with Crippen LogP contribution in [0, 0.1) is 0 Å². The van der Waals surface area contributed by atoms with E-state index in [9.17, 15) is 9.90 Å². The number of nitrogens with zero attached hydrogens (tertiary/aromatic N) is 3. The molecule has 1 aromatic heterocycles. The molecule has 6 heteroatoms. The molecule has 2 aromatic rings. The third-order valence-corrected chi connectivity index (χ3v) is 4.03. The Bertz CT molecular complexity index is 747. The molecule has 0 radical (unpaired) electrons. The van der Waals surface area contributed by atoms with Gasteiger partial charge in [-0.25, -0.2) is 4.98 Å². The van der Waals surface area contributed by atoms with Gasteiger partial charge in [0.1, 0.15) is 23.8 Å². The normalized spacial score (nSPS) is 16.0. The number of para-hydroxylation sites is 1. The van der Waals surface area contributed by atoms with Gasteiger partial charge in [-0.15, -0.1) is 0 Å². The zero-order valence-corrected chi connectivity index (χ0v) is 11.9. The molecule has 1 N–H and O–H groups in total. The van der Waals surface area contributed by atoms with Gasteiger partial charge in [0.05, 0.1) is 12.2 Å². The van der Waals surface area contributed by atoms with E-state index in [1.54, 1.807) is 11.0 Å². The first-order valence-electron chi connectivity index (χ1n) is 7.22. The highest BCUT2D eigenvalue weighted by Gasteiger charge is 2.33. The van der Waals surface area contributed by atoms with Gasteiger partial charge in [-0.3, -0.25) is 4.79 Å². The topological polar surface area (TPSA) is 65.9 Å². The average molecular weight is 297 g/mol. The molecule has 0 saturated carbocycles. The SMILES string of the molecule is O=C(c1ncccc1O)N1CCN2CCOc3cccc1c32. The number of anilines is 2. The lowest BCUT2D eigenvalue weighted by molar-refractivity contribution is 0.0978. The van der Waals surface area contributed by atoms with Crippen LogP contribution in [0.5, 0.6) is 11.5 Å². The van der Waals surface area contributed by atoms with Crippen LogP contribution < -0.4 is 14.5 Å². The van der Waals surface area contributed by atoms with Crippen LogP contribution in [0.2, 0.25) is 0 Å². The molecular weight excluding hydrogens is 282 g/mol. The highest BCUT2D eigenvalue weighted by atomic mass is 16.5. The maximum Gasteiger partial charge on any atom is 0.280 e. The Morgan fingerprint density at radius 3 is 2.95 bits per heavy atom. The zero-order valence-electron chi connectivity index (χ0n) is 11.9. The van der Waals surface area contributed by atoms with Gasteiger partial charge < -0.3 is 19.6 Å². The molecule has 112 valence electrons. The van der Waals surface area contributed by atoms with Crippen LogP contribution in [0.4, 0.5) is 11.4 Å². The van der Waals surface area contributed by atoms with E-state index in [-0.39, 0.29) is 17.4 Å². The van der Waals surface area contributed by atoms with Gasteiger partial charge in [0.15, 0.2) is 5.69 Å². The summed E-state index contributed by atoms with van der Waals surface area (Å²) < 4.78 is 5.68. The van der Waals surface area contributed by atoms with Crippen molar-refractivity contribution < 1.29 is 14.6 Å². The minimum atomic E-state index is -0.295. The van der Waals surface area contributed by atoms with E-state index in [0.29, 0.717) is 13.2 Å². The molecule has 0 fully saturated rings. The zero-order chi connectivity index (χ0) is 15.1. The van der Waals surface area contributed by atoms with Crippen LogP contribution >= 0.6 is 0 Å². The summed E-state index contributed by atoms with van der Waals surface area (Å²) in [5.41, 5.74) is 1.83. The monoisotopic (exact) mass is 297 g/mol. The molecule has 2 aliphatic heterocycles. The van der Waals surface area contributed by atoms with E-state index in [0.717, 1.165) is 30.2 Å². The molecule has 1 aromatic carbocycles. The van der Waals surface area contributed by atoms with Crippen molar-refractivity contribution in [2.45, 2.75) is 0 Å². The highest BCUT2D eigenvalue weighted by Crippen LogP contribution is 2.43. The van der Waals surface area contributed by atoms with E-state index in [1.807, 2.05) is 18.2 Å². The summed E-state index contributed by atoms with van der Waals surface area (Å²) in [6.45, 7) is 2.78. The number of hydrogen-bond acceptors (Lipinski definition) is 5. The summed E-state index contributed by atoms with van der Waals surface area (Å²) in [6.07, 6.45) is 1.51. The first-order valence-corrected chi connectivity index (χ1v) is 7.22. The Kier molecular flexibility index (Phi) is 2.89. The Hall–Kier alpha value is -2.76. The number of aromatic hydroxyl groups is 1. The minimum Gasteiger partial charge on any atom is -0.505 e. The lowest BCUT2D eigenvalue weighted by atomic mass is 10.1. The fourth-order valence-electron chi connectivity index (χ4n) is 3.01. The molecule has 0 aliphatic carbocycles. The van der Waals surface area contributed by atoms with E-state index < -0.39 is 0 Å². The van der Waals surface area contributed by atoms with Crippen molar-refractivity contribution in [1.29, 1.82) is 0 Å². The van der Waals surface area contributed by atoms with E-state index >= 15 is 0 Å². The molecule has 1 amide bonds. The molecule has 6 nitrogen and oxygen atoms in total. The van der Waals surface area contributed by atoms with Gasteiger partial charge in [0.2, 0.25) is 0 Å². The molecule has 2 aliphatic rings. The van der Waals surface area contributed by atoms with Gasteiger partial charge in [-0.05, 0) is 24.3 Å². The Morgan fingerprint density at radius 2 is 2.09 bits per heavy atom. The van der Waals surface area contributed by atoms with E-state index in [1.165, 1.54) is 12.3 Å². The van der Waals surface area contributed by atoms with Crippen molar-refractivity contribution in [3.63, 3.8) is 0 Å². The van der Waals surface area contributed by atoms with Gasteiger partial charge in [0, 0.05) is 19.3 Å². The predicted octanol–water partition coefficient (Wildman–Crippen LogP) is 1.65. The van der Waals surface area contributed by atoms with Crippen molar-refractivity contribution in [3.8, 4) is 11.5 Å². The molecule has 22 heavy (non-hydrogen) atoms. The van der Waals surface area contributed by atoms with Crippen LogP contribution in [-0.2, 0) is 0 Å². The van der Waals surface area contributed by atoms with Crippen molar-refractivity contribution in [1.82, 2.24) is 4.98 Å². The van der Waals surface area contributed by atoms with Crippen LogP contribution in [0.1, 0.15) is 10.5 Å². The largest absolute Gasteiger partial charge is 0.505 e. The van der Waals surface area contributed by atoms with Crippen molar-refractivity contribution >= 4 is 17.3 Å². The fraction of sp³-hybridized carbons (Fsp3) is 0.250. The number of amides is 1. The van der Waals surface area contributed by atoms with Crippen LogP contribution in [0.15, 0.2) is 36.5 Å². The number of ether oxygens (including phenoxy) is 1. The minimum absolute atomic E-state index is 0.0743. The third kappa shape index (κ3) is 1.88. The lowest BCUT2D eigenvalue weighted by Crippen LogP contribution is -2.47. The second kappa shape index (κ2) is 4.91. The quantitative estimate of drug-likeness (QED) is 0.867. The first-order chi connectivity index (χ1) is 10.8. The molecule has 0 unspecified atom stereocenters. The number of hydrogen-bond donors (Lipinski definition) is 1. The van der Waals surface area contributed by atoms with E-state index in [4.69, 9.17) is 4.74 Å². The standard InChI is InChI=1S/C16H15N3O3/c20-12-4-2-6-17-14(12)16(21)19-8-7-18-9-10-22-13-5-1-3-11(19)15(13)18/h1-6,20H,7-10H2. The predicted molar refractivity (Wildman–Crippen MR) is 81.7 cm³/mol.